The molecule has 4 bridgehead atoms. The summed E-state index contributed by atoms with van der Waals surface area (Å²) in [6, 6.07) is 0. The molecule has 4 nitrogen and oxygen atoms in total. The summed E-state index contributed by atoms with van der Waals surface area (Å²) in [4.78, 5) is 11.0. The van der Waals surface area contributed by atoms with Crippen molar-refractivity contribution in [2.75, 3.05) is 0 Å². The summed E-state index contributed by atoms with van der Waals surface area (Å²) in [6.45, 7) is 0. The maximum atomic E-state index is 11.0. The molecule has 0 saturated carbocycles. The van der Waals surface area contributed by atoms with Gasteiger partial charge in [-0.1, -0.05) is 0 Å². The van der Waals surface area contributed by atoms with Crippen LogP contribution in [0.2, 0.25) is 0 Å². The Hall–Kier alpha value is -1.97. The predicted octanol–water partition coefficient (Wildman–Crippen LogP) is -0.797. The van der Waals surface area contributed by atoms with Crippen LogP contribution in [-0.2, 0) is 0 Å². The van der Waals surface area contributed by atoms with Gasteiger partial charge in [0.25, 0.3) is 0 Å². The first-order chi connectivity index (χ1) is 6.18. The molecule has 2 N–H and O–H groups in total. The molecule has 0 radical (unpaired) electrons. The van der Waals surface area contributed by atoms with E-state index in [9.17, 15) is 15.0 Å². The second-order valence-electron chi connectivity index (χ2n) is 2.98. The molecule has 0 fully saturated rings. The highest BCUT2D eigenvalue weighted by molar-refractivity contribution is 6.01. The molecular formula is C9H4O4. The van der Waals surface area contributed by atoms with Crippen molar-refractivity contribution >= 4 is 17.4 Å². The van der Waals surface area contributed by atoms with Gasteiger partial charge in [-0.3, -0.25) is 0 Å². The van der Waals surface area contributed by atoms with Crippen LogP contribution in [0, 0.1) is 0 Å². The summed E-state index contributed by atoms with van der Waals surface area (Å²) >= 11 is 0. The van der Waals surface area contributed by atoms with Crippen molar-refractivity contribution in [2.45, 2.75) is 0 Å². The van der Waals surface area contributed by atoms with E-state index in [2.05, 4.69) is 0 Å². The van der Waals surface area contributed by atoms with E-state index in [1.54, 1.807) is 6.08 Å². The van der Waals surface area contributed by atoms with Gasteiger partial charge in [-0.2, -0.15) is 0 Å². The molecule has 0 saturated heterocycles. The molecule has 1 aromatic rings. The Balaban J connectivity index is 2.76. The summed E-state index contributed by atoms with van der Waals surface area (Å²) in [5, 5.41) is 19.1. The van der Waals surface area contributed by atoms with Gasteiger partial charge in [-0.05, 0) is 17.7 Å². The molecule has 0 unspecified atom stereocenters. The third-order valence-corrected chi connectivity index (χ3v) is 2.25. The molecule has 0 amide bonds. The highest BCUT2D eigenvalue weighted by Crippen LogP contribution is 2.27. The first-order valence-corrected chi connectivity index (χ1v) is 3.71. The average molecular weight is 176 g/mol. The van der Waals surface area contributed by atoms with Gasteiger partial charge in [0.05, 0.1) is 5.22 Å². The Bertz CT molecular complexity index is 631. The summed E-state index contributed by atoms with van der Waals surface area (Å²) < 4.78 is 4.75. The van der Waals surface area contributed by atoms with Gasteiger partial charge < -0.3 is 14.6 Å². The highest BCUT2D eigenvalue weighted by Gasteiger charge is 2.26. The molecule has 0 spiro atoms. The van der Waals surface area contributed by atoms with Crippen LogP contribution in [0.25, 0.3) is 17.4 Å². The number of aliphatic hydroxyl groups is 1. The first kappa shape index (κ1) is 6.54. The van der Waals surface area contributed by atoms with Crippen LogP contribution < -0.4 is 16.3 Å². The lowest BCUT2D eigenvalue weighted by Gasteiger charge is -1.92. The topological polar surface area (TPSA) is 70.7 Å². The van der Waals surface area contributed by atoms with E-state index in [1.165, 1.54) is 6.08 Å². The number of aliphatic hydroxyl groups excluding tert-OH is 1. The zero-order valence-electron chi connectivity index (χ0n) is 6.37. The van der Waals surface area contributed by atoms with E-state index in [-0.39, 0.29) is 5.76 Å². The van der Waals surface area contributed by atoms with Crippen LogP contribution in [0.3, 0.4) is 0 Å². The van der Waals surface area contributed by atoms with E-state index in [0.29, 0.717) is 21.8 Å². The largest absolute Gasteiger partial charge is 0.507 e. The molecule has 2 aliphatic rings. The zero-order chi connectivity index (χ0) is 9.16. The molecule has 0 aliphatic heterocycles. The number of hydrogen-bond donors (Lipinski definition) is 2. The van der Waals surface area contributed by atoms with Gasteiger partial charge in [0.15, 0.2) is 0 Å². The standard InChI is InChI=1S/C9H4O4/c10-4-1-3-2-5-7(4)6(3)8(11)9(12)13-5/h1-2,10-11H. The lowest BCUT2D eigenvalue weighted by atomic mass is 10.2. The third kappa shape index (κ3) is 0.558. The molecule has 1 heterocycles. The van der Waals surface area contributed by atoms with Crippen LogP contribution in [0.5, 0.6) is 5.75 Å². The van der Waals surface area contributed by atoms with E-state index in [1.807, 2.05) is 0 Å². The second-order valence-corrected chi connectivity index (χ2v) is 2.98. The lowest BCUT2D eigenvalue weighted by molar-refractivity contribution is 0.395. The monoisotopic (exact) mass is 176 g/mol. The molecular weight excluding hydrogens is 172 g/mol. The van der Waals surface area contributed by atoms with Crippen LogP contribution in [-0.4, -0.2) is 10.2 Å². The normalized spacial score (nSPS) is 16.0. The van der Waals surface area contributed by atoms with Gasteiger partial charge in [0.1, 0.15) is 11.2 Å². The SMILES string of the molecule is O=c1oc2c3c(c1O)C(=CC=3O)C=2. The zero-order valence-corrected chi connectivity index (χ0v) is 6.37. The summed E-state index contributed by atoms with van der Waals surface area (Å²) in [5.41, 5.74) is 0.588. The first-order valence-electron chi connectivity index (χ1n) is 3.71. The minimum Gasteiger partial charge on any atom is -0.507 e. The van der Waals surface area contributed by atoms with Crippen molar-refractivity contribution in [2.24, 2.45) is 0 Å². The molecule has 4 heteroatoms. The summed E-state index contributed by atoms with van der Waals surface area (Å²) in [7, 11) is 0. The van der Waals surface area contributed by atoms with Crippen LogP contribution in [0.1, 0.15) is 5.56 Å². The minimum absolute atomic E-state index is 0.0431. The third-order valence-electron chi connectivity index (χ3n) is 2.25. The maximum absolute atomic E-state index is 11.0. The fraction of sp³-hybridized carbons (Fsp3) is 0. The summed E-state index contributed by atoms with van der Waals surface area (Å²) in [6.07, 6.45) is 3.11. The Morgan fingerprint density at radius 3 is 2.77 bits per heavy atom. The van der Waals surface area contributed by atoms with Crippen molar-refractivity contribution in [3.63, 3.8) is 0 Å². The molecule has 64 valence electrons. The Morgan fingerprint density at radius 2 is 2.00 bits per heavy atom. The van der Waals surface area contributed by atoms with Crippen molar-refractivity contribution in [1.29, 1.82) is 0 Å². The predicted molar refractivity (Wildman–Crippen MR) is 44.4 cm³/mol. The van der Waals surface area contributed by atoms with E-state index in [4.69, 9.17) is 4.42 Å². The number of rotatable bonds is 0. The number of aromatic hydroxyl groups is 1. The molecule has 0 atom stereocenters. The van der Waals surface area contributed by atoms with E-state index < -0.39 is 11.4 Å². The molecule has 0 aromatic carbocycles. The van der Waals surface area contributed by atoms with Crippen molar-refractivity contribution in [1.82, 2.24) is 0 Å². The lowest BCUT2D eigenvalue weighted by Crippen LogP contribution is -2.29. The minimum atomic E-state index is -0.761. The van der Waals surface area contributed by atoms with E-state index in [0.717, 1.165) is 0 Å². The Kier molecular flexibility index (Phi) is 0.847. The number of hydrogen-bond acceptors (Lipinski definition) is 4. The van der Waals surface area contributed by atoms with Crippen molar-refractivity contribution in [3.05, 3.63) is 32.7 Å². The van der Waals surface area contributed by atoms with Crippen LogP contribution in [0.15, 0.2) is 15.3 Å². The Morgan fingerprint density at radius 1 is 1.23 bits per heavy atom. The highest BCUT2D eigenvalue weighted by atomic mass is 16.4. The number of allylic oxidation sites excluding steroid dienone is 1. The van der Waals surface area contributed by atoms with Gasteiger partial charge >= 0.3 is 5.63 Å². The van der Waals surface area contributed by atoms with Gasteiger partial charge in [0.2, 0.25) is 5.75 Å². The van der Waals surface area contributed by atoms with Gasteiger partial charge in [-0.15, -0.1) is 0 Å². The van der Waals surface area contributed by atoms with Crippen LogP contribution in [0.4, 0.5) is 0 Å². The maximum Gasteiger partial charge on any atom is 0.379 e. The second kappa shape index (κ2) is 1.69. The molecule has 3 rings (SSSR count). The van der Waals surface area contributed by atoms with Gasteiger partial charge in [-0.25, -0.2) is 4.79 Å². The van der Waals surface area contributed by atoms with Crippen molar-refractivity contribution < 1.29 is 14.6 Å². The molecule has 2 aliphatic carbocycles. The van der Waals surface area contributed by atoms with Gasteiger partial charge in [0, 0.05) is 5.56 Å². The summed E-state index contributed by atoms with van der Waals surface area (Å²) in [5.74, 6) is -0.385. The quantitative estimate of drug-likeness (QED) is 0.543. The Labute approximate surface area is 71.4 Å². The van der Waals surface area contributed by atoms with E-state index >= 15 is 0 Å². The van der Waals surface area contributed by atoms with Crippen LogP contribution >= 0.6 is 0 Å². The fourth-order valence-electron chi connectivity index (χ4n) is 1.73. The molecule has 1 aromatic heterocycles. The molecule has 13 heavy (non-hydrogen) atoms. The smallest absolute Gasteiger partial charge is 0.379 e. The average Bonchev–Trinajstić information content (AvgIpc) is 2.52. The van der Waals surface area contributed by atoms with Crippen molar-refractivity contribution in [3.8, 4) is 5.75 Å². The fourth-order valence-corrected chi connectivity index (χ4v) is 1.73.